The Hall–Kier alpha value is -1.31. The smallest absolute Gasteiger partial charge is 0.132 e. The van der Waals surface area contributed by atoms with Gasteiger partial charge >= 0.3 is 0 Å². The third-order valence-corrected chi connectivity index (χ3v) is 2.48. The molecule has 0 amide bonds. The van der Waals surface area contributed by atoms with Crippen molar-refractivity contribution in [2.75, 3.05) is 6.54 Å². The van der Waals surface area contributed by atoms with E-state index < -0.39 is 0 Å². The van der Waals surface area contributed by atoms with E-state index in [1.54, 1.807) is 0 Å². The van der Waals surface area contributed by atoms with Crippen molar-refractivity contribution in [1.82, 2.24) is 4.90 Å². The summed E-state index contributed by atoms with van der Waals surface area (Å²) in [5.74, 6) is 1.04. The van der Waals surface area contributed by atoms with Gasteiger partial charge in [0.15, 0.2) is 0 Å². The predicted octanol–water partition coefficient (Wildman–Crippen LogP) is 2.71. The summed E-state index contributed by atoms with van der Waals surface area (Å²) in [7, 11) is 0. The molecule has 0 saturated carbocycles. The summed E-state index contributed by atoms with van der Waals surface area (Å²) in [6.45, 7) is 7.62. The van der Waals surface area contributed by atoms with E-state index in [4.69, 9.17) is 0 Å². The van der Waals surface area contributed by atoms with Gasteiger partial charge in [-0.25, -0.2) is 4.99 Å². The maximum absolute atomic E-state index is 4.30. The highest BCUT2D eigenvalue weighted by atomic mass is 15.2. The Bertz CT molecular complexity index is 351. The highest BCUT2D eigenvalue weighted by Crippen LogP contribution is 2.29. The van der Waals surface area contributed by atoms with Gasteiger partial charge in [-0.05, 0) is 23.1 Å². The molecule has 0 atom stereocenters. The van der Waals surface area contributed by atoms with Crippen LogP contribution in [-0.4, -0.2) is 17.3 Å². The minimum Gasteiger partial charge on any atom is -0.329 e. The van der Waals surface area contributed by atoms with E-state index in [0.29, 0.717) is 0 Å². The first kappa shape index (κ1) is 9.25. The second kappa shape index (κ2) is 3.12. The lowest BCUT2D eigenvalue weighted by atomic mass is 9.86. The number of fused-ring (bicyclic) bond motifs is 1. The first-order valence-electron chi connectivity index (χ1n) is 4.97. The van der Waals surface area contributed by atoms with Crippen molar-refractivity contribution in [3.05, 3.63) is 36.2 Å². The second-order valence-corrected chi connectivity index (χ2v) is 4.69. The molecular weight excluding hydrogens is 172 g/mol. The summed E-state index contributed by atoms with van der Waals surface area (Å²) in [5.41, 5.74) is 1.56. The summed E-state index contributed by atoms with van der Waals surface area (Å²) < 4.78 is 0. The number of hydrogen-bond donors (Lipinski definition) is 0. The molecule has 14 heavy (non-hydrogen) atoms. The number of aliphatic imine (C=N–C) groups is 1. The van der Waals surface area contributed by atoms with Gasteiger partial charge in [-0.15, -0.1) is 0 Å². The zero-order chi connectivity index (χ0) is 10.2. The third kappa shape index (κ3) is 1.65. The fraction of sp³-hybridized carbons (Fsp3) is 0.417. The van der Waals surface area contributed by atoms with E-state index in [0.717, 1.165) is 12.4 Å². The van der Waals surface area contributed by atoms with Gasteiger partial charge in [-0.1, -0.05) is 26.8 Å². The Morgan fingerprint density at radius 3 is 2.79 bits per heavy atom. The molecule has 0 radical (unpaired) electrons. The SMILES string of the molecule is CC(C)(C)C1=CN2CC=CN=C2C=C1. The lowest BCUT2D eigenvalue weighted by molar-refractivity contribution is 0.492. The van der Waals surface area contributed by atoms with Gasteiger partial charge in [0, 0.05) is 18.9 Å². The van der Waals surface area contributed by atoms with Crippen LogP contribution >= 0.6 is 0 Å². The molecule has 2 heterocycles. The van der Waals surface area contributed by atoms with Gasteiger partial charge in [0.1, 0.15) is 5.84 Å². The van der Waals surface area contributed by atoms with Crippen molar-refractivity contribution in [2.45, 2.75) is 20.8 Å². The van der Waals surface area contributed by atoms with Crippen LogP contribution in [0.15, 0.2) is 41.2 Å². The Balaban J connectivity index is 2.29. The van der Waals surface area contributed by atoms with E-state index in [-0.39, 0.29) is 5.41 Å². The molecule has 0 bridgehead atoms. The van der Waals surface area contributed by atoms with Crippen molar-refractivity contribution < 1.29 is 0 Å². The number of nitrogens with zero attached hydrogens (tertiary/aromatic N) is 2. The lowest BCUT2D eigenvalue weighted by Crippen LogP contribution is -2.30. The summed E-state index contributed by atoms with van der Waals surface area (Å²) in [4.78, 5) is 6.48. The predicted molar refractivity (Wildman–Crippen MR) is 60.0 cm³/mol. The van der Waals surface area contributed by atoms with Gasteiger partial charge < -0.3 is 4.90 Å². The summed E-state index contributed by atoms with van der Waals surface area (Å²) in [6, 6.07) is 0. The summed E-state index contributed by atoms with van der Waals surface area (Å²) >= 11 is 0. The van der Waals surface area contributed by atoms with Crippen LogP contribution < -0.4 is 0 Å². The molecule has 0 N–H and O–H groups in total. The van der Waals surface area contributed by atoms with Gasteiger partial charge in [0.05, 0.1) is 0 Å². The Morgan fingerprint density at radius 2 is 2.07 bits per heavy atom. The molecule has 2 nitrogen and oxygen atoms in total. The standard InChI is InChI=1S/C12H16N2/c1-12(2,3)10-5-6-11-13-7-4-8-14(11)9-10/h4-7,9H,8H2,1-3H3. The van der Waals surface area contributed by atoms with E-state index in [2.05, 4.69) is 55.1 Å². The molecule has 2 aliphatic heterocycles. The van der Waals surface area contributed by atoms with Crippen molar-refractivity contribution in [2.24, 2.45) is 10.4 Å². The van der Waals surface area contributed by atoms with E-state index in [9.17, 15) is 0 Å². The number of hydrogen-bond acceptors (Lipinski definition) is 2. The molecule has 2 heteroatoms. The average molecular weight is 188 g/mol. The highest BCUT2D eigenvalue weighted by molar-refractivity contribution is 5.96. The normalized spacial score (nSPS) is 20.4. The largest absolute Gasteiger partial charge is 0.329 e. The zero-order valence-corrected chi connectivity index (χ0v) is 8.99. The van der Waals surface area contributed by atoms with Crippen molar-refractivity contribution >= 4 is 5.84 Å². The topological polar surface area (TPSA) is 15.6 Å². The minimum absolute atomic E-state index is 0.211. The van der Waals surface area contributed by atoms with E-state index >= 15 is 0 Å². The molecule has 2 aliphatic rings. The number of allylic oxidation sites excluding steroid dienone is 2. The van der Waals surface area contributed by atoms with Crippen LogP contribution in [0.5, 0.6) is 0 Å². The first-order valence-corrected chi connectivity index (χ1v) is 4.97. The molecule has 0 fully saturated rings. The molecule has 0 aromatic rings. The van der Waals surface area contributed by atoms with Crippen molar-refractivity contribution in [3.8, 4) is 0 Å². The average Bonchev–Trinajstić information content (AvgIpc) is 2.16. The van der Waals surface area contributed by atoms with E-state index in [1.807, 2.05) is 6.20 Å². The van der Waals surface area contributed by atoms with Crippen LogP contribution in [0.2, 0.25) is 0 Å². The third-order valence-electron chi connectivity index (χ3n) is 2.48. The molecular formula is C12H16N2. The monoisotopic (exact) mass is 188 g/mol. The van der Waals surface area contributed by atoms with Crippen LogP contribution in [0.3, 0.4) is 0 Å². The maximum atomic E-state index is 4.30. The van der Waals surface area contributed by atoms with Gasteiger partial charge in [0.25, 0.3) is 0 Å². The summed E-state index contributed by atoms with van der Waals surface area (Å²) in [6.07, 6.45) is 10.4. The fourth-order valence-corrected chi connectivity index (χ4v) is 1.53. The van der Waals surface area contributed by atoms with Crippen molar-refractivity contribution in [3.63, 3.8) is 0 Å². The molecule has 0 aromatic heterocycles. The molecule has 74 valence electrons. The minimum atomic E-state index is 0.211. The van der Waals surface area contributed by atoms with Gasteiger partial charge in [0.2, 0.25) is 0 Å². The maximum Gasteiger partial charge on any atom is 0.132 e. The van der Waals surface area contributed by atoms with Crippen molar-refractivity contribution in [1.29, 1.82) is 0 Å². The lowest BCUT2D eigenvalue weighted by Gasteiger charge is -2.30. The Kier molecular flexibility index (Phi) is 2.06. The molecule has 2 rings (SSSR count). The zero-order valence-electron chi connectivity index (χ0n) is 8.99. The summed E-state index contributed by atoms with van der Waals surface area (Å²) in [5, 5.41) is 0. The Labute approximate surface area is 85.3 Å². The second-order valence-electron chi connectivity index (χ2n) is 4.69. The van der Waals surface area contributed by atoms with E-state index in [1.165, 1.54) is 5.57 Å². The van der Waals surface area contributed by atoms with Crippen LogP contribution in [0.25, 0.3) is 0 Å². The van der Waals surface area contributed by atoms with Gasteiger partial charge in [-0.3, -0.25) is 0 Å². The number of rotatable bonds is 0. The molecule has 0 aliphatic carbocycles. The van der Waals surface area contributed by atoms with Crippen LogP contribution in [0.1, 0.15) is 20.8 Å². The van der Waals surface area contributed by atoms with Crippen LogP contribution in [0, 0.1) is 5.41 Å². The van der Waals surface area contributed by atoms with Crippen LogP contribution in [0.4, 0.5) is 0 Å². The Morgan fingerprint density at radius 1 is 1.29 bits per heavy atom. The molecule has 0 spiro atoms. The van der Waals surface area contributed by atoms with Crippen LogP contribution in [-0.2, 0) is 0 Å². The first-order chi connectivity index (χ1) is 6.57. The molecule has 0 aromatic carbocycles. The highest BCUT2D eigenvalue weighted by Gasteiger charge is 2.20. The fourth-order valence-electron chi connectivity index (χ4n) is 1.53. The quantitative estimate of drug-likeness (QED) is 0.570. The van der Waals surface area contributed by atoms with Gasteiger partial charge in [-0.2, -0.15) is 0 Å². The molecule has 0 saturated heterocycles. The molecule has 0 unspecified atom stereocenters. The number of amidine groups is 1.